The Morgan fingerprint density at radius 1 is 1.28 bits per heavy atom. The first kappa shape index (κ1) is 19.7. The van der Waals surface area contributed by atoms with E-state index >= 15 is 0 Å². The summed E-state index contributed by atoms with van der Waals surface area (Å²) >= 11 is 2.85. The molecular weight excluding hydrogens is 402 g/mol. The third-order valence-electron chi connectivity index (χ3n) is 4.93. The average molecular weight is 424 g/mol. The van der Waals surface area contributed by atoms with E-state index in [1.54, 1.807) is 11.3 Å². The van der Waals surface area contributed by atoms with E-state index in [2.05, 4.69) is 26.6 Å². The topological polar surface area (TPSA) is 94.5 Å². The van der Waals surface area contributed by atoms with Crippen LogP contribution >= 0.6 is 23.1 Å². The van der Waals surface area contributed by atoms with Crippen molar-refractivity contribution in [3.05, 3.63) is 46.3 Å². The number of nitrogens with zero attached hydrogens (tertiary/aromatic N) is 3. The van der Waals surface area contributed by atoms with E-state index in [1.165, 1.54) is 23.1 Å². The third kappa shape index (κ3) is 4.36. The summed E-state index contributed by atoms with van der Waals surface area (Å²) in [5.74, 6) is 0.531. The molecule has 29 heavy (non-hydrogen) atoms. The minimum Gasteiger partial charge on any atom is -0.316 e. The highest BCUT2D eigenvalue weighted by molar-refractivity contribution is 8.00. The number of aromatic amines is 1. The first-order valence-corrected chi connectivity index (χ1v) is 11.4. The number of rotatable bonds is 5. The number of aromatic nitrogens is 3. The van der Waals surface area contributed by atoms with Gasteiger partial charge in [-0.25, -0.2) is 4.98 Å². The molecule has 2 N–H and O–H groups in total. The van der Waals surface area contributed by atoms with Crippen molar-refractivity contribution in [1.29, 1.82) is 5.26 Å². The van der Waals surface area contributed by atoms with E-state index < -0.39 is 0 Å². The van der Waals surface area contributed by atoms with E-state index in [-0.39, 0.29) is 11.2 Å². The summed E-state index contributed by atoms with van der Waals surface area (Å²) < 4.78 is 0. The van der Waals surface area contributed by atoms with Gasteiger partial charge in [0, 0.05) is 10.4 Å². The number of anilines is 1. The highest BCUT2D eigenvalue weighted by Gasteiger charge is 2.23. The molecule has 0 aliphatic heterocycles. The maximum absolute atomic E-state index is 12.7. The molecule has 6 nitrogen and oxygen atoms in total. The molecule has 0 unspecified atom stereocenters. The number of hydrogen-bond acceptors (Lipinski definition) is 6. The molecule has 1 aliphatic rings. The zero-order valence-electron chi connectivity index (χ0n) is 16.1. The second kappa shape index (κ2) is 8.80. The second-order valence-electron chi connectivity index (χ2n) is 6.96. The summed E-state index contributed by atoms with van der Waals surface area (Å²) in [7, 11) is 0. The second-order valence-corrected chi connectivity index (χ2v) is 9.38. The Bertz CT molecular complexity index is 1050. The van der Waals surface area contributed by atoms with Crippen LogP contribution in [-0.4, -0.2) is 26.3 Å². The average Bonchev–Trinajstić information content (AvgIpc) is 3.25. The van der Waals surface area contributed by atoms with Gasteiger partial charge in [-0.1, -0.05) is 48.5 Å². The molecule has 2 heterocycles. The van der Waals surface area contributed by atoms with Gasteiger partial charge in [-0.2, -0.15) is 5.26 Å². The molecule has 2 aromatic heterocycles. The van der Waals surface area contributed by atoms with Crippen LogP contribution in [0.3, 0.4) is 0 Å². The monoisotopic (exact) mass is 423 g/mol. The summed E-state index contributed by atoms with van der Waals surface area (Å²) in [4.78, 5) is 18.5. The Hall–Kier alpha value is -2.63. The fourth-order valence-corrected chi connectivity index (χ4v) is 5.37. The molecule has 1 aliphatic carbocycles. The van der Waals surface area contributed by atoms with E-state index in [4.69, 9.17) is 0 Å². The van der Waals surface area contributed by atoms with Crippen molar-refractivity contribution < 1.29 is 4.79 Å². The smallest absolute Gasteiger partial charge is 0.238 e. The minimum atomic E-state index is -0.386. The van der Waals surface area contributed by atoms with Crippen molar-refractivity contribution in [2.45, 2.75) is 49.4 Å². The molecule has 1 amide bonds. The molecule has 3 aromatic rings. The number of aryl methyl sites for hydroxylation is 1. The Morgan fingerprint density at radius 2 is 2.07 bits per heavy atom. The van der Waals surface area contributed by atoms with Gasteiger partial charge in [-0.3, -0.25) is 9.89 Å². The minimum absolute atomic E-state index is 0.144. The molecule has 0 bridgehead atoms. The lowest BCUT2D eigenvalue weighted by molar-refractivity contribution is -0.115. The van der Waals surface area contributed by atoms with Crippen molar-refractivity contribution in [3.63, 3.8) is 0 Å². The zero-order valence-corrected chi connectivity index (χ0v) is 17.7. The Kier molecular flexibility index (Phi) is 5.97. The van der Waals surface area contributed by atoms with E-state index in [0.29, 0.717) is 21.5 Å². The quantitative estimate of drug-likeness (QED) is 0.454. The number of thioether (sulfide) groups is 1. The Balaban J connectivity index is 1.44. The molecular formula is C21H21N5OS2. The lowest BCUT2D eigenvalue weighted by Crippen LogP contribution is -2.22. The van der Waals surface area contributed by atoms with Crippen molar-refractivity contribution in [1.82, 2.24) is 15.2 Å². The first-order chi connectivity index (χ1) is 14.2. The van der Waals surface area contributed by atoms with Crippen LogP contribution in [0.25, 0.3) is 11.4 Å². The molecule has 1 atom stereocenters. The Morgan fingerprint density at radius 3 is 2.86 bits per heavy atom. The number of nitrogens with one attached hydrogen (secondary N) is 2. The van der Waals surface area contributed by atoms with Gasteiger partial charge in [-0.05, 0) is 38.2 Å². The Labute approximate surface area is 177 Å². The van der Waals surface area contributed by atoms with E-state index in [1.807, 2.05) is 37.3 Å². The van der Waals surface area contributed by atoms with Gasteiger partial charge in [0.15, 0.2) is 5.82 Å². The first-order valence-electron chi connectivity index (χ1n) is 9.65. The zero-order chi connectivity index (χ0) is 20.2. The fourth-order valence-electron chi connectivity index (χ4n) is 3.40. The number of nitriles is 1. The summed E-state index contributed by atoms with van der Waals surface area (Å²) in [5, 5.41) is 20.5. The number of H-pyrrole nitrogens is 1. The lowest BCUT2D eigenvalue weighted by atomic mass is 10.1. The number of benzene rings is 1. The summed E-state index contributed by atoms with van der Waals surface area (Å²) in [6, 6.07) is 12.0. The number of fused-ring (bicyclic) bond motifs is 1. The van der Waals surface area contributed by atoms with Crippen LogP contribution in [0.2, 0.25) is 0 Å². The standard InChI is InChI=1S/C21H21N5OS2/c1-13(28-21-23-18(25-26-21)14-8-4-2-5-9-14)19(27)24-20-16(12-22)15-10-6-3-7-11-17(15)29-20/h2,4-5,8-9,13H,3,6-7,10-11H2,1H3,(H,24,27)(H,23,25,26)/t13-/m0/s1. The highest BCUT2D eigenvalue weighted by Crippen LogP contribution is 2.37. The van der Waals surface area contributed by atoms with Crippen LogP contribution < -0.4 is 5.32 Å². The number of thiophene rings is 1. The van der Waals surface area contributed by atoms with Gasteiger partial charge in [0.25, 0.3) is 0 Å². The third-order valence-corrected chi connectivity index (χ3v) is 7.10. The maximum atomic E-state index is 12.7. The number of carbonyl (C=O) groups excluding carboxylic acids is 1. The van der Waals surface area contributed by atoms with Gasteiger partial charge in [0.1, 0.15) is 11.1 Å². The van der Waals surface area contributed by atoms with Crippen LogP contribution in [0.5, 0.6) is 0 Å². The SMILES string of the molecule is C[C@H](Sc1n[nH]c(-c2ccccc2)n1)C(=O)Nc1sc2c(c1C#N)CCCCC2. The van der Waals surface area contributed by atoms with Crippen molar-refractivity contribution in [2.75, 3.05) is 5.32 Å². The molecule has 4 rings (SSSR count). The van der Waals surface area contributed by atoms with Crippen LogP contribution in [0, 0.1) is 11.3 Å². The van der Waals surface area contributed by atoms with Gasteiger partial charge in [-0.15, -0.1) is 16.4 Å². The van der Waals surface area contributed by atoms with E-state index in [0.717, 1.165) is 36.8 Å². The van der Waals surface area contributed by atoms with Gasteiger partial charge >= 0.3 is 0 Å². The van der Waals surface area contributed by atoms with Crippen molar-refractivity contribution in [2.24, 2.45) is 0 Å². The van der Waals surface area contributed by atoms with Crippen LogP contribution in [-0.2, 0) is 17.6 Å². The predicted octanol–water partition coefficient (Wildman–Crippen LogP) is 4.79. The van der Waals surface area contributed by atoms with Gasteiger partial charge in [0.2, 0.25) is 11.1 Å². The molecule has 0 spiro atoms. The molecule has 8 heteroatoms. The summed E-state index contributed by atoms with van der Waals surface area (Å²) in [6.07, 6.45) is 5.37. The van der Waals surface area contributed by atoms with Crippen molar-refractivity contribution >= 4 is 34.0 Å². The normalized spacial score (nSPS) is 14.5. The van der Waals surface area contributed by atoms with E-state index in [9.17, 15) is 10.1 Å². The summed E-state index contributed by atoms with van der Waals surface area (Å²) in [6.45, 7) is 1.82. The molecule has 0 saturated heterocycles. The molecule has 148 valence electrons. The molecule has 0 radical (unpaired) electrons. The maximum Gasteiger partial charge on any atom is 0.238 e. The van der Waals surface area contributed by atoms with Crippen molar-refractivity contribution in [3.8, 4) is 17.5 Å². The van der Waals surface area contributed by atoms with Gasteiger partial charge < -0.3 is 5.32 Å². The number of amides is 1. The fraction of sp³-hybridized carbons (Fsp3) is 0.333. The number of carbonyl (C=O) groups is 1. The predicted molar refractivity (Wildman–Crippen MR) is 116 cm³/mol. The molecule has 1 aromatic carbocycles. The summed E-state index contributed by atoms with van der Waals surface area (Å²) in [5.41, 5.74) is 2.72. The number of hydrogen-bond donors (Lipinski definition) is 2. The van der Waals surface area contributed by atoms with Crippen LogP contribution in [0.4, 0.5) is 5.00 Å². The van der Waals surface area contributed by atoms with Crippen LogP contribution in [0.1, 0.15) is 42.2 Å². The molecule has 0 fully saturated rings. The lowest BCUT2D eigenvalue weighted by Gasteiger charge is -2.09. The van der Waals surface area contributed by atoms with Gasteiger partial charge in [0.05, 0.1) is 10.8 Å². The highest BCUT2D eigenvalue weighted by atomic mass is 32.2. The van der Waals surface area contributed by atoms with Crippen LogP contribution in [0.15, 0.2) is 35.5 Å². The molecule has 0 saturated carbocycles. The largest absolute Gasteiger partial charge is 0.316 e.